The highest BCUT2D eigenvalue weighted by atomic mass is 31.2. The summed E-state index contributed by atoms with van der Waals surface area (Å²) in [6, 6.07) is 5.51. The Morgan fingerprint density at radius 3 is 2.56 bits per heavy atom. The van der Waals surface area contributed by atoms with Crippen LogP contribution in [0.25, 0.3) is 11.0 Å². The number of benzene rings is 1. The minimum absolute atomic E-state index is 0.00424. The molecule has 96 valence electrons. The van der Waals surface area contributed by atoms with Gasteiger partial charge in [-0.1, -0.05) is 12.1 Å². The predicted octanol–water partition coefficient (Wildman–Crippen LogP) is 1.27. The van der Waals surface area contributed by atoms with Gasteiger partial charge in [-0.15, -0.1) is 0 Å². The maximum atomic E-state index is 11.2. The normalized spacial score (nSPS) is 13.8. The Balaban J connectivity index is 2.64. The Bertz CT molecular complexity index is 698. The van der Waals surface area contributed by atoms with Crippen LogP contribution in [0.3, 0.4) is 0 Å². The fourth-order valence-electron chi connectivity index (χ4n) is 1.70. The molecule has 1 aromatic heterocycles. The van der Waals surface area contributed by atoms with Crippen LogP contribution >= 0.6 is 7.60 Å². The lowest BCUT2D eigenvalue weighted by Crippen LogP contribution is -2.01. The van der Waals surface area contributed by atoms with Gasteiger partial charge < -0.3 is 19.3 Å². The summed E-state index contributed by atoms with van der Waals surface area (Å²) in [7, 11) is -4.64. The summed E-state index contributed by atoms with van der Waals surface area (Å²) in [6.07, 6.45) is 0. The van der Waals surface area contributed by atoms with Crippen molar-refractivity contribution in [1.29, 1.82) is 0 Å². The van der Waals surface area contributed by atoms with Gasteiger partial charge in [0.1, 0.15) is 5.58 Å². The van der Waals surface area contributed by atoms with Gasteiger partial charge in [0, 0.05) is 11.5 Å². The van der Waals surface area contributed by atoms with Crippen molar-refractivity contribution >= 4 is 18.6 Å². The number of fused-ring (bicyclic) bond motifs is 1. The van der Waals surface area contributed by atoms with Crippen LogP contribution in [0.4, 0.5) is 0 Å². The van der Waals surface area contributed by atoms with Gasteiger partial charge in [-0.25, -0.2) is 4.79 Å². The molecular weight excluding hydrogens is 259 g/mol. The van der Waals surface area contributed by atoms with E-state index in [4.69, 9.17) is 14.2 Å². The molecule has 0 fully saturated rings. The van der Waals surface area contributed by atoms with E-state index < -0.39 is 19.1 Å². The van der Waals surface area contributed by atoms with Crippen molar-refractivity contribution < 1.29 is 23.9 Å². The predicted molar refractivity (Wildman–Crippen MR) is 64.2 cm³/mol. The Morgan fingerprint density at radius 1 is 1.28 bits per heavy atom. The first-order chi connectivity index (χ1) is 8.29. The van der Waals surface area contributed by atoms with Crippen molar-refractivity contribution in [3.63, 3.8) is 0 Å². The highest BCUT2D eigenvalue weighted by molar-refractivity contribution is 7.51. The zero-order chi connectivity index (χ0) is 13.5. The maximum Gasteiger partial charge on any atom is 0.358 e. The average Bonchev–Trinajstić information content (AvgIpc) is 2.25. The molecule has 0 saturated heterocycles. The van der Waals surface area contributed by atoms with Crippen LogP contribution in [-0.4, -0.2) is 14.9 Å². The summed E-state index contributed by atoms with van der Waals surface area (Å²) in [4.78, 5) is 29.0. The second kappa shape index (κ2) is 4.33. The monoisotopic (exact) mass is 270 g/mol. The second-order valence-electron chi connectivity index (χ2n) is 3.97. The van der Waals surface area contributed by atoms with Crippen molar-refractivity contribution in [3.8, 4) is 0 Å². The lowest BCUT2D eigenvalue weighted by Gasteiger charge is -2.13. The maximum absolute atomic E-state index is 11.2. The van der Waals surface area contributed by atoms with E-state index in [0.717, 1.165) is 0 Å². The molecule has 2 rings (SSSR count). The van der Waals surface area contributed by atoms with Crippen LogP contribution in [0.2, 0.25) is 0 Å². The summed E-state index contributed by atoms with van der Waals surface area (Å²) >= 11 is 0. The molecule has 18 heavy (non-hydrogen) atoms. The van der Waals surface area contributed by atoms with Gasteiger partial charge in [-0.3, -0.25) is 4.57 Å². The van der Waals surface area contributed by atoms with Crippen LogP contribution < -0.4 is 5.63 Å². The van der Waals surface area contributed by atoms with Crippen LogP contribution in [-0.2, 0) is 4.57 Å². The largest absolute Gasteiger partial charge is 0.423 e. The number of aryl methyl sites for hydroxylation is 1. The van der Waals surface area contributed by atoms with E-state index in [-0.39, 0.29) is 11.1 Å². The minimum Gasteiger partial charge on any atom is -0.423 e. The summed E-state index contributed by atoms with van der Waals surface area (Å²) in [5.41, 5.74) is 0.330. The molecule has 3 N–H and O–H groups in total. The Hall–Kier alpha value is -1.46. The Kier molecular flexibility index (Phi) is 3.12. The highest BCUT2D eigenvalue weighted by Crippen LogP contribution is 2.50. The van der Waals surface area contributed by atoms with Gasteiger partial charge in [-0.2, -0.15) is 0 Å². The fraction of sp³-hybridized carbons (Fsp3) is 0.182. The van der Waals surface area contributed by atoms with E-state index >= 15 is 0 Å². The van der Waals surface area contributed by atoms with Crippen molar-refractivity contribution in [2.45, 2.75) is 12.8 Å². The lowest BCUT2D eigenvalue weighted by molar-refractivity contribution is 0.205. The first-order valence-corrected chi connectivity index (χ1v) is 6.75. The van der Waals surface area contributed by atoms with E-state index in [0.29, 0.717) is 10.9 Å². The first-order valence-electron chi connectivity index (χ1n) is 5.07. The summed E-state index contributed by atoms with van der Waals surface area (Å²) in [6.45, 7) is 1.72. The van der Waals surface area contributed by atoms with Gasteiger partial charge in [0.15, 0.2) is 5.85 Å². The third-order valence-electron chi connectivity index (χ3n) is 2.59. The number of aliphatic hydroxyl groups excluding tert-OH is 1. The molecule has 0 amide bonds. The molecule has 1 atom stereocenters. The fourth-order valence-corrected chi connectivity index (χ4v) is 2.25. The molecule has 1 unspecified atom stereocenters. The van der Waals surface area contributed by atoms with E-state index in [1.165, 1.54) is 18.2 Å². The van der Waals surface area contributed by atoms with E-state index in [9.17, 15) is 14.5 Å². The third-order valence-corrected chi connectivity index (χ3v) is 3.53. The van der Waals surface area contributed by atoms with Crippen molar-refractivity contribution in [2.75, 3.05) is 0 Å². The molecular formula is C11H11O6P. The quantitative estimate of drug-likeness (QED) is 0.560. The van der Waals surface area contributed by atoms with Crippen molar-refractivity contribution in [3.05, 3.63) is 45.8 Å². The molecule has 7 heteroatoms. The Morgan fingerprint density at radius 2 is 1.94 bits per heavy atom. The van der Waals surface area contributed by atoms with Gasteiger partial charge in [0.2, 0.25) is 0 Å². The Labute approximate surface area is 102 Å². The summed E-state index contributed by atoms with van der Waals surface area (Å²) in [5.74, 6) is -1.92. The van der Waals surface area contributed by atoms with Crippen LogP contribution in [0.1, 0.15) is 17.0 Å². The molecule has 0 aliphatic carbocycles. The number of aliphatic hydroxyl groups is 1. The highest BCUT2D eigenvalue weighted by Gasteiger charge is 2.28. The van der Waals surface area contributed by atoms with Gasteiger partial charge >= 0.3 is 13.2 Å². The number of rotatable bonds is 2. The summed E-state index contributed by atoms with van der Waals surface area (Å²) < 4.78 is 15.9. The zero-order valence-electron chi connectivity index (χ0n) is 9.40. The third kappa shape index (κ3) is 2.37. The molecule has 2 aromatic rings. The minimum atomic E-state index is -4.64. The molecule has 0 radical (unpaired) electrons. The van der Waals surface area contributed by atoms with Gasteiger partial charge in [-0.05, 0) is 24.1 Å². The first kappa shape index (κ1) is 13.0. The molecule has 0 bridgehead atoms. The number of hydrogen-bond donors (Lipinski definition) is 3. The van der Waals surface area contributed by atoms with Crippen molar-refractivity contribution in [1.82, 2.24) is 0 Å². The van der Waals surface area contributed by atoms with Crippen LogP contribution in [0.5, 0.6) is 0 Å². The average molecular weight is 270 g/mol. The van der Waals surface area contributed by atoms with E-state index in [1.807, 2.05) is 0 Å². The molecule has 1 aromatic carbocycles. The molecule has 0 aliphatic rings. The van der Waals surface area contributed by atoms with Gasteiger partial charge in [0.05, 0.1) is 0 Å². The van der Waals surface area contributed by atoms with Gasteiger partial charge in [0.25, 0.3) is 0 Å². The van der Waals surface area contributed by atoms with E-state index in [1.54, 1.807) is 13.0 Å². The topological polar surface area (TPSA) is 108 Å². The molecule has 0 spiro atoms. The molecule has 6 nitrogen and oxygen atoms in total. The lowest BCUT2D eigenvalue weighted by atomic mass is 10.1. The second-order valence-corrected chi connectivity index (χ2v) is 5.63. The smallest absolute Gasteiger partial charge is 0.358 e. The molecule has 1 heterocycles. The molecule has 0 aliphatic heterocycles. The van der Waals surface area contributed by atoms with Crippen molar-refractivity contribution in [2.24, 2.45) is 0 Å². The van der Waals surface area contributed by atoms with Crippen LogP contribution in [0, 0.1) is 6.92 Å². The number of hydrogen-bond acceptors (Lipinski definition) is 4. The zero-order valence-corrected chi connectivity index (χ0v) is 10.3. The van der Waals surface area contributed by atoms with Crippen LogP contribution in [0.15, 0.2) is 33.5 Å². The summed E-state index contributed by atoms with van der Waals surface area (Å²) in [5, 5.41) is 10.1. The SMILES string of the molecule is Cc1cc(=O)oc2cc(C(O)P(=O)(O)O)ccc12. The standard InChI is InChI=1S/C11H11O6P/c1-6-4-10(12)17-9-5-7(2-3-8(6)9)11(13)18(14,15)16/h2-5,11,13H,1H3,(H2,14,15,16). The van der Waals surface area contributed by atoms with E-state index in [2.05, 4.69) is 0 Å². The molecule has 0 saturated carbocycles.